The van der Waals surface area contributed by atoms with Gasteiger partial charge in [-0.05, 0) is 31.5 Å². The van der Waals surface area contributed by atoms with E-state index in [1.807, 2.05) is 0 Å². The van der Waals surface area contributed by atoms with Crippen LogP contribution in [0.4, 0.5) is 8.78 Å². The lowest BCUT2D eigenvalue weighted by atomic mass is 10.00. The summed E-state index contributed by atoms with van der Waals surface area (Å²) in [5.74, 6) is -2.54. The summed E-state index contributed by atoms with van der Waals surface area (Å²) in [6, 6.07) is 2.92. The quantitative estimate of drug-likeness (QED) is 0.861. The number of ketones is 1. The maximum atomic E-state index is 13.6. The highest BCUT2D eigenvalue weighted by Crippen LogP contribution is 2.19. The molecule has 114 valence electrons. The number of amides is 1. The molecule has 0 spiro atoms. The van der Waals surface area contributed by atoms with Gasteiger partial charge in [-0.15, -0.1) is 0 Å². The molecule has 1 amide bonds. The first kappa shape index (κ1) is 15.6. The zero-order valence-electron chi connectivity index (χ0n) is 11.9. The number of carbonyl (C=O) groups excluding carboxylic acids is 2. The van der Waals surface area contributed by atoms with Crippen molar-refractivity contribution in [1.29, 1.82) is 0 Å². The zero-order chi connectivity index (χ0) is 15.4. The van der Waals surface area contributed by atoms with Gasteiger partial charge in [0.25, 0.3) is 0 Å². The van der Waals surface area contributed by atoms with Crippen LogP contribution < -0.4 is 5.32 Å². The fourth-order valence-electron chi connectivity index (χ4n) is 2.67. The van der Waals surface area contributed by atoms with Crippen molar-refractivity contribution < 1.29 is 18.4 Å². The molecule has 4 nitrogen and oxygen atoms in total. The van der Waals surface area contributed by atoms with Crippen LogP contribution in [0.25, 0.3) is 0 Å². The second-order valence-electron chi connectivity index (χ2n) is 5.12. The molecule has 0 aromatic heterocycles. The summed E-state index contributed by atoms with van der Waals surface area (Å²) < 4.78 is 27.2. The van der Waals surface area contributed by atoms with Gasteiger partial charge in [-0.25, -0.2) is 8.78 Å². The molecular weight excluding hydrogens is 278 g/mol. The Kier molecular flexibility index (Phi) is 5.01. The third-order valence-corrected chi connectivity index (χ3v) is 3.75. The number of likely N-dealkylation sites (N-methyl/N-ethyl adjacent to an activating group) is 1. The molecule has 1 N–H and O–H groups in total. The average molecular weight is 296 g/mol. The van der Waals surface area contributed by atoms with Gasteiger partial charge >= 0.3 is 0 Å². The lowest BCUT2D eigenvalue weighted by molar-refractivity contribution is -0.126. The number of nitrogens with zero attached hydrogens (tertiary/aromatic N) is 1. The highest BCUT2D eigenvalue weighted by Gasteiger charge is 2.30. The van der Waals surface area contributed by atoms with Gasteiger partial charge in [-0.1, -0.05) is 12.5 Å². The van der Waals surface area contributed by atoms with Gasteiger partial charge in [0.15, 0.2) is 5.78 Å². The van der Waals surface area contributed by atoms with Gasteiger partial charge < -0.3 is 5.32 Å². The monoisotopic (exact) mass is 296 g/mol. The van der Waals surface area contributed by atoms with Crippen LogP contribution in [-0.2, 0) is 4.79 Å². The van der Waals surface area contributed by atoms with Gasteiger partial charge in [0, 0.05) is 7.05 Å². The van der Waals surface area contributed by atoms with Crippen LogP contribution in [-0.4, -0.2) is 42.8 Å². The number of nitrogens with one attached hydrogen (secondary N) is 1. The van der Waals surface area contributed by atoms with Crippen LogP contribution in [0, 0.1) is 11.6 Å². The number of rotatable bonds is 4. The summed E-state index contributed by atoms with van der Waals surface area (Å²) >= 11 is 0. The number of Topliss-reactive ketones (excluding diaryl/α,β-unsaturated/α-hetero) is 1. The first-order valence-electron chi connectivity index (χ1n) is 6.97. The van der Waals surface area contributed by atoms with Gasteiger partial charge in [0.2, 0.25) is 5.91 Å². The van der Waals surface area contributed by atoms with Gasteiger partial charge in [0.1, 0.15) is 11.6 Å². The highest BCUT2D eigenvalue weighted by atomic mass is 19.1. The van der Waals surface area contributed by atoms with E-state index in [-0.39, 0.29) is 12.5 Å². The molecule has 1 saturated heterocycles. The predicted molar refractivity (Wildman–Crippen MR) is 74.0 cm³/mol. The number of halogens is 2. The van der Waals surface area contributed by atoms with Crippen molar-refractivity contribution in [3.63, 3.8) is 0 Å². The third-order valence-electron chi connectivity index (χ3n) is 3.75. The largest absolute Gasteiger partial charge is 0.358 e. The molecule has 1 atom stereocenters. The third kappa shape index (κ3) is 3.44. The summed E-state index contributed by atoms with van der Waals surface area (Å²) in [5.41, 5.74) is -0.529. The lowest BCUT2D eigenvalue weighted by Gasteiger charge is -2.33. The SMILES string of the molecule is CNC(=O)C1CCCCN1CC(=O)c1c(F)cccc1F. The van der Waals surface area contributed by atoms with E-state index in [1.165, 1.54) is 13.1 Å². The van der Waals surface area contributed by atoms with Crippen molar-refractivity contribution in [2.75, 3.05) is 20.1 Å². The van der Waals surface area contributed by atoms with Crippen molar-refractivity contribution in [1.82, 2.24) is 10.2 Å². The molecule has 1 aliphatic rings. The van der Waals surface area contributed by atoms with Gasteiger partial charge in [0.05, 0.1) is 18.2 Å². The van der Waals surface area contributed by atoms with Crippen molar-refractivity contribution in [3.05, 3.63) is 35.4 Å². The van der Waals surface area contributed by atoms with Crippen LogP contribution >= 0.6 is 0 Å². The Bertz CT molecular complexity index is 528. The van der Waals surface area contributed by atoms with Gasteiger partial charge in [-0.3, -0.25) is 14.5 Å². The Balaban J connectivity index is 2.15. The molecule has 1 heterocycles. The predicted octanol–water partition coefficient (Wildman–Crippen LogP) is 1.75. The normalized spacial score (nSPS) is 19.3. The van der Waals surface area contributed by atoms with E-state index in [9.17, 15) is 18.4 Å². The minimum atomic E-state index is -0.867. The number of piperidine rings is 1. The second kappa shape index (κ2) is 6.76. The van der Waals surface area contributed by atoms with Crippen LogP contribution in [0.2, 0.25) is 0 Å². The molecule has 21 heavy (non-hydrogen) atoms. The van der Waals surface area contributed by atoms with E-state index in [0.29, 0.717) is 13.0 Å². The summed E-state index contributed by atoms with van der Waals surface area (Å²) in [6.07, 6.45) is 2.41. The van der Waals surface area contributed by atoms with Crippen LogP contribution in [0.3, 0.4) is 0 Å². The Labute approximate surface area is 122 Å². The van der Waals surface area contributed by atoms with E-state index in [1.54, 1.807) is 4.90 Å². The van der Waals surface area contributed by atoms with E-state index in [4.69, 9.17) is 0 Å². The number of hydrogen-bond acceptors (Lipinski definition) is 3. The van der Waals surface area contributed by atoms with Crippen LogP contribution in [0.15, 0.2) is 18.2 Å². The summed E-state index contributed by atoms with van der Waals surface area (Å²) in [4.78, 5) is 25.7. The van der Waals surface area contributed by atoms with Crippen LogP contribution in [0.5, 0.6) is 0 Å². The number of carbonyl (C=O) groups is 2. The van der Waals surface area contributed by atoms with Crippen molar-refractivity contribution in [3.8, 4) is 0 Å². The number of likely N-dealkylation sites (tertiary alicyclic amines) is 1. The molecule has 6 heteroatoms. The van der Waals surface area contributed by atoms with E-state index in [2.05, 4.69) is 5.32 Å². The molecule has 1 aliphatic heterocycles. The molecule has 0 aliphatic carbocycles. The van der Waals surface area contributed by atoms with Crippen molar-refractivity contribution in [2.45, 2.75) is 25.3 Å². The molecule has 0 saturated carbocycles. The molecule has 2 rings (SSSR count). The Hall–Kier alpha value is -1.82. The van der Waals surface area contributed by atoms with Crippen molar-refractivity contribution >= 4 is 11.7 Å². The van der Waals surface area contributed by atoms with E-state index in [0.717, 1.165) is 25.0 Å². The number of hydrogen-bond donors (Lipinski definition) is 1. The Morgan fingerprint density at radius 1 is 1.29 bits per heavy atom. The fraction of sp³-hybridized carbons (Fsp3) is 0.467. The minimum Gasteiger partial charge on any atom is -0.358 e. The second-order valence-corrected chi connectivity index (χ2v) is 5.12. The van der Waals surface area contributed by atoms with Gasteiger partial charge in [-0.2, -0.15) is 0 Å². The zero-order valence-corrected chi connectivity index (χ0v) is 11.9. The minimum absolute atomic E-state index is 0.157. The summed E-state index contributed by atoms with van der Waals surface area (Å²) in [6.45, 7) is 0.413. The fourth-order valence-corrected chi connectivity index (χ4v) is 2.67. The smallest absolute Gasteiger partial charge is 0.237 e. The first-order valence-corrected chi connectivity index (χ1v) is 6.97. The molecular formula is C15H18F2N2O2. The highest BCUT2D eigenvalue weighted by molar-refractivity contribution is 5.98. The molecule has 1 aromatic carbocycles. The molecule has 0 bridgehead atoms. The lowest BCUT2D eigenvalue weighted by Crippen LogP contribution is -2.50. The number of benzene rings is 1. The van der Waals surface area contributed by atoms with Crippen molar-refractivity contribution in [2.24, 2.45) is 0 Å². The standard InChI is InChI=1S/C15H18F2N2O2/c1-18-15(21)12-7-2-3-8-19(12)9-13(20)14-10(16)5-4-6-11(14)17/h4-6,12H,2-3,7-9H2,1H3,(H,18,21). The van der Waals surface area contributed by atoms with E-state index >= 15 is 0 Å². The topological polar surface area (TPSA) is 49.4 Å². The summed E-state index contributed by atoms with van der Waals surface area (Å²) in [7, 11) is 1.54. The average Bonchev–Trinajstić information content (AvgIpc) is 2.47. The van der Waals surface area contributed by atoms with Crippen LogP contribution in [0.1, 0.15) is 29.6 Å². The molecule has 1 fully saturated rings. The maximum absolute atomic E-state index is 13.6. The maximum Gasteiger partial charge on any atom is 0.237 e. The summed E-state index contributed by atoms with van der Waals surface area (Å²) in [5, 5.41) is 2.56. The first-order chi connectivity index (χ1) is 10.0. The molecule has 0 radical (unpaired) electrons. The van der Waals surface area contributed by atoms with E-state index < -0.39 is 29.0 Å². The molecule has 1 aromatic rings. The Morgan fingerprint density at radius 3 is 2.57 bits per heavy atom. The molecule has 1 unspecified atom stereocenters. The Morgan fingerprint density at radius 2 is 1.95 bits per heavy atom.